The second-order valence-electron chi connectivity index (χ2n) is 5.05. The Hall–Kier alpha value is -1.52. The molecule has 0 aliphatic heterocycles. The van der Waals surface area contributed by atoms with Gasteiger partial charge in [-0.2, -0.15) is 0 Å². The number of quaternary nitrogens is 1. The van der Waals surface area contributed by atoms with E-state index in [0.717, 1.165) is 23.6 Å². The van der Waals surface area contributed by atoms with Crippen molar-refractivity contribution in [3.8, 4) is 11.5 Å². The molecule has 0 bridgehead atoms. The number of nitrogens with zero attached hydrogens (tertiary/aromatic N) is 1. The van der Waals surface area contributed by atoms with E-state index in [4.69, 9.17) is 9.47 Å². The summed E-state index contributed by atoms with van der Waals surface area (Å²) in [7, 11) is 11.7. The standard InChI is InChI=1S/C15H24N2O2/c1-16(2)10-13(11-17(3)4)12-7-8-14(18-5)15(9-12)19-6/h7-10H,11H2,1-6H3/p+1/b13-10-. The van der Waals surface area contributed by atoms with Crippen LogP contribution in [0.3, 0.4) is 0 Å². The summed E-state index contributed by atoms with van der Waals surface area (Å²) in [4.78, 5) is 3.44. The third kappa shape index (κ3) is 4.58. The zero-order valence-corrected chi connectivity index (χ0v) is 12.8. The topological polar surface area (TPSA) is 26.1 Å². The highest BCUT2D eigenvalue weighted by molar-refractivity contribution is 5.68. The van der Waals surface area contributed by atoms with Crippen molar-refractivity contribution in [3.63, 3.8) is 0 Å². The zero-order valence-electron chi connectivity index (χ0n) is 12.8. The Morgan fingerprint density at radius 1 is 1.16 bits per heavy atom. The van der Waals surface area contributed by atoms with Gasteiger partial charge in [0.1, 0.15) is 0 Å². The molecule has 1 aromatic carbocycles. The molecule has 0 amide bonds. The maximum atomic E-state index is 5.36. The van der Waals surface area contributed by atoms with Crippen molar-refractivity contribution in [1.29, 1.82) is 0 Å². The molecule has 0 fully saturated rings. The van der Waals surface area contributed by atoms with Gasteiger partial charge in [0.25, 0.3) is 0 Å². The molecule has 106 valence electrons. The van der Waals surface area contributed by atoms with Crippen molar-refractivity contribution in [2.75, 3.05) is 49.0 Å². The molecular weight excluding hydrogens is 240 g/mol. The van der Waals surface area contributed by atoms with Gasteiger partial charge in [-0.05, 0) is 31.8 Å². The zero-order chi connectivity index (χ0) is 14.4. The maximum Gasteiger partial charge on any atom is 0.161 e. The van der Waals surface area contributed by atoms with E-state index in [2.05, 4.69) is 45.4 Å². The molecule has 0 saturated heterocycles. The van der Waals surface area contributed by atoms with Crippen LogP contribution in [0.15, 0.2) is 24.4 Å². The van der Waals surface area contributed by atoms with Gasteiger partial charge in [-0.25, -0.2) is 0 Å². The molecule has 0 spiro atoms. The predicted molar refractivity (Wildman–Crippen MR) is 78.9 cm³/mol. The van der Waals surface area contributed by atoms with Crippen molar-refractivity contribution in [2.24, 2.45) is 0 Å². The molecule has 0 heterocycles. The largest absolute Gasteiger partial charge is 0.493 e. The lowest BCUT2D eigenvalue weighted by atomic mass is 10.1. The first-order chi connectivity index (χ1) is 8.97. The summed E-state index contributed by atoms with van der Waals surface area (Å²) in [5.41, 5.74) is 2.43. The number of methoxy groups -OCH3 is 2. The smallest absolute Gasteiger partial charge is 0.161 e. The average molecular weight is 265 g/mol. The van der Waals surface area contributed by atoms with Gasteiger partial charge in [0, 0.05) is 12.1 Å². The number of ether oxygens (including phenoxy) is 2. The molecule has 1 aromatic rings. The minimum atomic E-state index is 0.757. The highest BCUT2D eigenvalue weighted by Gasteiger charge is 2.10. The van der Waals surface area contributed by atoms with E-state index >= 15 is 0 Å². The van der Waals surface area contributed by atoms with Gasteiger partial charge in [0.2, 0.25) is 0 Å². The lowest BCUT2D eigenvalue weighted by Gasteiger charge is -2.16. The Labute approximate surface area is 116 Å². The molecule has 4 heteroatoms. The van der Waals surface area contributed by atoms with Crippen molar-refractivity contribution >= 4 is 5.57 Å². The molecule has 0 saturated carbocycles. The molecule has 0 aromatic heterocycles. The fourth-order valence-corrected chi connectivity index (χ4v) is 1.95. The van der Waals surface area contributed by atoms with Crippen LogP contribution in [0.4, 0.5) is 0 Å². The van der Waals surface area contributed by atoms with Crippen LogP contribution in [0, 0.1) is 0 Å². The summed E-state index contributed by atoms with van der Waals surface area (Å²) in [6, 6.07) is 6.04. The summed E-state index contributed by atoms with van der Waals surface area (Å²) in [5.74, 6) is 1.52. The molecule has 0 aliphatic rings. The lowest BCUT2D eigenvalue weighted by molar-refractivity contribution is -0.800. The molecule has 1 N–H and O–H groups in total. The molecule has 0 aliphatic carbocycles. The fourth-order valence-electron chi connectivity index (χ4n) is 1.95. The molecule has 0 atom stereocenters. The Kier molecular flexibility index (Phi) is 5.86. The van der Waals surface area contributed by atoms with Gasteiger partial charge < -0.3 is 19.3 Å². The Bertz CT molecular complexity index is 440. The van der Waals surface area contributed by atoms with E-state index in [1.54, 1.807) is 14.2 Å². The third-order valence-electron chi connectivity index (χ3n) is 2.70. The normalized spacial score (nSPS) is 12.1. The molecule has 4 nitrogen and oxygen atoms in total. The van der Waals surface area contributed by atoms with E-state index in [1.165, 1.54) is 10.5 Å². The van der Waals surface area contributed by atoms with Crippen molar-refractivity contribution in [1.82, 2.24) is 4.90 Å². The van der Waals surface area contributed by atoms with Gasteiger partial charge in [-0.1, -0.05) is 6.07 Å². The van der Waals surface area contributed by atoms with Crippen molar-refractivity contribution in [2.45, 2.75) is 0 Å². The molecule has 19 heavy (non-hydrogen) atoms. The van der Waals surface area contributed by atoms with Crippen LogP contribution in [0.5, 0.6) is 11.5 Å². The van der Waals surface area contributed by atoms with Crippen LogP contribution in [0.25, 0.3) is 5.57 Å². The van der Waals surface area contributed by atoms with Gasteiger partial charge in [0.05, 0.1) is 34.5 Å². The molecule has 1 rings (SSSR count). The highest BCUT2D eigenvalue weighted by Crippen LogP contribution is 2.30. The first-order valence-corrected chi connectivity index (χ1v) is 6.35. The van der Waals surface area contributed by atoms with E-state index in [0.29, 0.717) is 0 Å². The van der Waals surface area contributed by atoms with E-state index < -0.39 is 0 Å². The lowest BCUT2D eigenvalue weighted by Crippen LogP contribution is -3.00. The summed E-state index contributed by atoms with van der Waals surface area (Å²) in [5, 5.41) is 0. The minimum Gasteiger partial charge on any atom is -0.493 e. The van der Waals surface area contributed by atoms with Gasteiger partial charge >= 0.3 is 0 Å². The number of likely N-dealkylation sites (N-methyl/N-ethyl adjacent to an activating group) is 1. The van der Waals surface area contributed by atoms with Crippen LogP contribution in [0.1, 0.15) is 5.56 Å². The van der Waals surface area contributed by atoms with Crippen LogP contribution in [0.2, 0.25) is 0 Å². The predicted octanol–water partition coefficient (Wildman–Crippen LogP) is 0.751. The first kappa shape index (κ1) is 15.5. The second kappa shape index (κ2) is 7.16. The van der Waals surface area contributed by atoms with Gasteiger partial charge in [-0.15, -0.1) is 0 Å². The minimum absolute atomic E-state index is 0.757. The quantitative estimate of drug-likeness (QED) is 0.822. The van der Waals surface area contributed by atoms with Crippen LogP contribution in [-0.4, -0.2) is 53.9 Å². The van der Waals surface area contributed by atoms with Crippen LogP contribution in [-0.2, 0) is 0 Å². The summed E-state index contributed by atoms with van der Waals surface area (Å²) in [6.07, 6.45) is 2.21. The van der Waals surface area contributed by atoms with Crippen LogP contribution >= 0.6 is 0 Å². The first-order valence-electron chi connectivity index (χ1n) is 6.35. The Balaban J connectivity index is 3.15. The number of hydrogen-bond donors (Lipinski definition) is 1. The van der Waals surface area contributed by atoms with Crippen molar-refractivity contribution < 1.29 is 14.4 Å². The Morgan fingerprint density at radius 2 is 1.79 bits per heavy atom. The van der Waals surface area contributed by atoms with Gasteiger partial charge in [-0.3, -0.25) is 0 Å². The Morgan fingerprint density at radius 3 is 2.26 bits per heavy atom. The summed E-state index contributed by atoms with van der Waals surface area (Å²) < 4.78 is 10.6. The van der Waals surface area contributed by atoms with Gasteiger partial charge in [0.15, 0.2) is 11.5 Å². The number of benzene rings is 1. The number of rotatable bonds is 6. The fraction of sp³-hybridized carbons (Fsp3) is 0.467. The monoisotopic (exact) mass is 265 g/mol. The summed E-state index contributed by atoms with van der Waals surface area (Å²) >= 11 is 0. The third-order valence-corrected chi connectivity index (χ3v) is 2.70. The second-order valence-corrected chi connectivity index (χ2v) is 5.05. The average Bonchev–Trinajstić information content (AvgIpc) is 2.36. The SMILES string of the molecule is COc1ccc(/C(=C\[NH+](C)C)CN(C)C)cc1OC. The molecule has 0 unspecified atom stereocenters. The molecule has 0 radical (unpaired) electrons. The highest BCUT2D eigenvalue weighted by atomic mass is 16.5. The maximum absolute atomic E-state index is 5.36. The van der Waals surface area contributed by atoms with Crippen LogP contribution < -0.4 is 14.4 Å². The molecular formula is C15H25N2O2+. The summed E-state index contributed by atoms with van der Waals surface area (Å²) in [6.45, 7) is 0.890. The number of nitrogens with one attached hydrogen (secondary N) is 1. The van der Waals surface area contributed by atoms with E-state index in [1.807, 2.05) is 12.1 Å². The number of hydrogen-bond acceptors (Lipinski definition) is 3. The van der Waals surface area contributed by atoms with E-state index in [9.17, 15) is 0 Å². The van der Waals surface area contributed by atoms with E-state index in [-0.39, 0.29) is 0 Å². The van der Waals surface area contributed by atoms with Crippen molar-refractivity contribution in [3.05, 3.63) is 30.0 Å².